The predicted molar refractivity (Wildman–Crippen MR) is 97.2 cm³/mol. The highest BCUT2D eigenvalue weighted by atomic mass is 32.2. The van der Waals surface area contributed by atoms with Crippen LogP contribution in [0.25, 0.3) is 0 Å². The number of thioether (sulfide) groups is 1. The van der Waals surface area contributed by atoms with Crippen molar-refractivity contribution in [2.45, 2.75) is 23.6 Å². The molecular formula is C19H17N3O3S. The highest BCUT2D eigenvalue weighted by Gasteiger charge is 2.26. The average molecular weight is 367 g/mol. The Labute approximate surface area is 154 Å². The normalized spacial score (nSPS) is 15.3. The Balaban J connectivity index is 1.48. The van der Waals surface area contributed by atoms with Gasteiger partial charge in [0.15, 0.2) is 5.82 Å². The molecule has 0 saturated carbocycles. The fraction of sp³-hybridized carbons (Fsp3) is 0.211. The molecule has 0 unspecified atom stereocenters. The third kappa shape index (κ3) is 3.43. The first-order valence-electron chi connectivity index (χ1n) is 8.24. The minimum Gasteiger partial charge on any atom is -0.491 e. The molecular weight excluding hydrogens is 350 g/mol. The molecule has 2 heterocycles. The van der Waals surface area contributed by atoms with Crippen LogP contribution in [0.1, 0.15) is 33.7 Å². The summed E-state index contributed by atoms with van der Waals surface area (Å²) in [5.41, 5.74) is 1.63. The van der Waals surface area contributed by atoms with Crippen LogP contribution in [0.3, 0.4) is 0 Å². The molecule has 1 aliphatic heterocycles. The standard InChI is InChI=1S/C19H17N3O3S/c1-12-20-18(22-25-12)11-26-17-9-5-3-7-14(17)19(23)21-15-10-24-16-8-4-2-6-13(15)16/h2-9,15H,10-11H2,1H3,(H,21,23)/t15-/m1/s1. The second kappa shape index (κ2) is 7.21. The number of nitrogens with one attached hydrogen (secondary N) is 1. The summed E-state index contributed by atoms with van der Waals surface area (Å²) >= 11 is 1.51. The molecule has 26 heavy (non-hydrogen) atoms. The summed E-state index contributed by atoms with van der Waals surface area (Å²) in [5, 5.41) is 6.96. The summed E-state index contributed by atoms with van der Waals surface area (Å²) in [6, 6.07) is 15.1. The molecule has 0 spiro atoms. The number of nitrogens with zero attached hydrogens (tertiary/aromatic N) is 2. The van der Waals surface area contributed by atoms with Crippen LogP contribution in [0.2, 0.25) is 0 Å². The number of hydrogen-bond donors (Lipinski definition) is 1. The van der Waals surface area contributed by atoms with Gasteiger partial charge in [0.05, 0.1) is 17.4 Å². The van der Waals surface area contributed by atoms with Crippen LogP contribution < -0.4 is 10.1 Å². The van der Waals surface area contributed by atoms with Gasteiger partial charge in [0.1, 0.15) is 12.4 Å². The van der Waals surface area contributed by atoms with Crippen molar-refractivity contribution in [3.05, 3.63) is 71.4 Å². The third-order valence-electron chi connectivity index (χ3n) is 4.06. The SMILES string of the molecule is Cc1nc(CSc2ccccc2C(=O)N[C@@H]2COc3ccccc32)no1. The van der Waals surface area contributed by atoms with E-state index in [-0.39, 0.29) is 11.9 Å². The molecule has 1 aliphatic rings. The summed E-state index contributed by atoms with van der Waals surface area (Å²) in [6.45, 7) is 2.20. The molecule has 2 aromatic carbocycles. The maximum absolute atomic E-state index is 12.8. The van der Waals surface area contributed by atoms with Crippen LogP contribution in [0, 0.1) is 6.92 Å². The fourth-order valence-electron chi connectivity index (χ4n) is 2.84. The number of amides is 1. The zero-order chi connectivity index (χ0) is 17.9. The Kier molecular flexibility index (Phi) is 4.62. The van der Waals surface area contributed by atoms with Crippen molar-refractivity contribution < 1.29 is 14.1 Å². The lowest BCUT2D eigenvalue weighted by Crippen LogP contribution is -2.29. The molecule has 3 aromatic rings. The van der Waals surface area contributed by atoms with Crippen molar-refractivity contribution in [1.82, 2.24) is 15.5 Å². The van der Waals surface area contributed by atoms with Gasteiger partial charge in [-0.15, -0.1) is 11.8 Å². The van der Waals surface area contributed by atoms with Gasteiger partial charge < -0.3 is 14.6 Å². The number of benzene rings is 2. The predicted octanol–water partition coefficient (Wildman–Crippen LogP) is 3.53. The lowest BCUT2D eigenvalue weighted by Gasteiger charge is -2.14. The summed E-state index contributed by atoms with van der Waals surface area (Å²) in [4.78, 5) is 17.9. The van der Waals surface area contributed by atoms with Crippen molar-refractivity contribution in [3.8, 4) is 5.75 Å². The van der Waals surface area contributed by atoms with Gasteiger partial charge >= 0.3 is 0 Å². The second-order valence-electron chi connectivity index (χ2n) is 5.89. The lowest BCUT2D eigenvalue weighted by molar-refractivity contribution is 0.0927. The van der Waals surface area contributed by atoms with Crippen LogP contribution in [0.5, 0.6) is 5.75 Å². The average Bonchev–Trinajstić information content (AvgIpc) is 3.27. The number of carbonyl (C=O) groups is 1. The van der Waals surface area contributed by atoms with Crippen LogP contribution >= 0.6 is 11.8 Å². The number of fused-ring (bicyclic) bond motifs is 1. The maximum atomic E-state index is 12.8. The molecule has 7 heteroatoms. The number of aryl methyl sites for hydroxylation is 1. The van der Waals surface area contributed by atoms with Crippen LogP contribution in [0.15, 0.2) is 57.9 Å². The van der Waals surface area contributed by atoms with E-state index in [1.165, 1.54) is 11.8 Å². The van der Waals surface area contributed by atoms with Gasteiger partial charge in [0, 0.05) is 17.4 Å². The molecule has 132 valence electrons. The molecule has 6 nitrogen and oxygen atoms in total. The largest absolute Gasteiger partial charge is 0.491 e. The van der Waals surface area contributed by atoms with Gasteiger partial charge in [-0.3, -0.25) is 4.79 Å². The Morgan fingerprint density at radius 3 is 2.88 bits per heavy atom. The Hall–Kier alpha value is -2.80. The topological polar surface area (TPSA) is 77.2 Å². The Morgan fingerprint density at radius 1 is 1.23 bits per heavy atom. The van der Waals surface area contributed by atoms with E-state index < -0.39 is 0 Å². The molecule has 1 amide bonds. The minimum absolute atomic E-state index is 0.123. The highest BCUT2D eigenvalue weighted by molar-refractivity contribution is 7.98. The molecule has 0 aliphatic carbocycles. The summed E-state index contributed by atoms with van der Waals surface area (Å²) in [5.74, 6) is 2.39. The van der Waals surface area contributed by atoms with Gasteiger partial charge in [-0.1, -0.05) is 35.5 Å². The molecule has 4 rings (SSSR count). The van der Waals surface area contributed by atoms with Crippen molar-refractivity contribution >= 4 is 17.7 Å². The smallest absolute Gasteiger partial charge is 0.253 e. The zero-order valence-corrected chi connectivity index (χ0v) is 15.0. The zero-order valence-electron chi connectivity index (χ0n) is 14.1. The Bertz CT molecular complexity index is 941. The van der Waals surface area contributed by atoms with Crippen molar-refractivity contribution in [2.75, 3.05) is 6.61 Å². The first-order chi connectivity index (χ1) is 12.7. The summed E-state index contributed by atoms with van der Waals surface area (Å²) in [6.07, 6.45) is 0. The second-order valence-corrected chi connectivity index (χ2v) is 6.91. The summed E-state index contributed by atoms with van der Waals surface area (Å²) < 4.78 is 10.6. The van der Waals surface area contributed by atoms with Gasteiger partial charge in [-0.05, 0) is 18.2 Å². The fourth-order valence-corrected chi connectivity index (χ4v) is 3.73. The number of rotatable bonds is 5. The minimum atomic E-state index is -0.142. The third-order valence-corrected chi connectivity index (χ3v) is 5.13. The number of ether oxygens (including phenoxy) is 1. The maximum Gasteiger partial charge on any atom is 0.253 e. The molecule has 1 atom stereocenters. The first-order valence-corrected chi connectivity index (χ1v) is 9.23. The quantitative estimate of drug-likeness (QED) is 0.695. The molecule has 1 aromatic heterocycles. The number of carbonyl (C=O) groups excluding carboxylic acids is 1. The van der Waals surface area contributed by atoms with E-state index in [1.54, 1.807) is 6.92 Å². The van der Waals surface area contributed by atoms with Gasteiger partial charge in [-0.2, -0.15) is 4.98 Å². The van der Waals surface area contributed by atoms with Gasteiger partial charge in [-0.25, -0.2) is 0 Å². The number of para-hydroxylation sites is 1. The Morgan fingerprint density at radius 2 is 2.04 bits per heavy atom. The highest BCUT2D eigenvalue weighted by Crippen LogP contribution is 2.32. The lowest BCUT2D eigenvalue weighted by atomic mass is 10.1. The molecule has 0 radical (unpaired) electrons. The van der Waals surface area contributed by atoms with E-state index in [0.29, 0.717) is 29.6 Å². The first kappa shape index (κ1) is 16.7. The van der Waals surface area contributed by atoms with E-state index in [0.717, 1.165) is 16.2 Å². The van der Waals surface area contributed by atoms with Crippen molar-refractivity contribution in [2.24, 2.45) is 0 Å². The van der Waals surface area contributed by atoms with Crippen molar-refractivity contribution in [3.63, 3.8) is 0 Å². The van der Waals surface area contributed by atoms with Gasteiger partial charge in [0.2, 0.25) is 5.89 Å². The van der Waals surface area contributed by atoms with E-state index in [2.05, 4.69) is 15.5 Å². The van der Waals surface area contributed by atoms with Crippen LogP contribution in [0.4, 0.5) is 0 Å². The molecule has 1 N–H and O–H groups in total. The van der Waals surface area contributed by atoms with Gasteiger partial charge in [0.25, 0.3) is 5.91 Å². The molecule has 0 fully saturated rings. The van der Waals surface area contributed by atoms with E-state index in [1.807, 2.05) is 48.5 Å². The molecule has 0 saturated heterocycles. The van der Waals surface area contributed by atoms with Crippen molar-refractivity contribution in [1.29, 1.82) is 0 Å². The summed E-state index contributed by atoms with van der Waals surface area (Å²) in [7, 11) is 0. The number of hydrogen-bond acceptors (Lipinski definition) is 6. The molecule has 0 bridgehead atoms. The monoisotopic (exact) mass is 367 g/mol. The van der Waals surface area contributed by atoms with Crippen LogP contribution in [-0.2, 0) is 5.75 Å². The van der Waals surface area contributed by atoms with E-state index in [9.17, 15) is 4.79 Å². The van der Waals surface area contributed by atoms with Crippen LogP contribution in [-0.4, -0.2) is 22.7 Å². The van der Waals surface area contributed by atoms with E-state index >= 15 is 0 Å². The van der Waals surface area contributed by atoms with E-state index in [4.69, 9.17) is 9.26 Å². The number of aromatic nitrogens is 2.